The minimum Gasteiger partial charge on any atom is -0.490 e. The average Bonchev–Trinajstić information content (AvgIpc) is 2.99. The first-order chi connectivity index (χ1) is 19.7. The summed E-state index contributed by atoms with van der Waals surface area (Å²) in [6.45, 7) is 20.0. The highest BCUT2D eigenvalue weighted by Crippen LogP contribution is 2.45. The predicted molar refractivity (Wildman–Crippen MR) is 171 cm³/mol. The second-order valence-electron chi connectivity index (χ2n) is 13.5. The van der Waals surface area contributed by atoms with Crippen LogP contribution in [-0.2, 0) is 9.53 Å². The lowest BCUT2D eigenvalue weighted by atomic mass is 9.82. The number of hydrogen-bond donors (Lipinski definition) is 1. The Bertz CT molecular complexity index is 1340. The van der Waals surface area contributed by atoms with E-state index in [2.05, 4.69) is 49.6 Å². The van der Waals surface area contributed by atoms with Crippen molar-refractivity contribution in [3.63, 3.8) is 0 Å². The third kappa shape index (κ3) is 7.91. The normalized spacial score (nSPS) is 21.5. The Kier molecular flexibility index (Phi) is 9.67. The van der Waals surface area contributed by atoms with Gasteiger partial charge in [-0.25, -0.2) is 4.79 Å². The van der Waals surface area contributed by atoms with Crippen LogP contribution in [-0.4, -0.2) is 40.9 Å². The lowest BCUT2D eigenvalue weighted by Crippen LogP contribution is -2.39. The minimum atomic E-state index is -1.14. The van der Waals surface area contributed by atoms with E-state index in [9.17, 15) is 9.90 Å². The van der Waals surface area contributed by atoms with Gasteiger partial charge in [0, 0.05) is 42.0 Å². The number of anilines is 1. The molecule has 1 aromatic carbocycles. The first-order valence-corrected chi connectivity index (χ1v) is 15.2. The van der Waals surface area contributed by atoms with Gasteiger partial charge in [0.25, 0.3) is 0 Å². The van der Waals surface area contributed by atoms with E-state index in [1.807, 2.05) is 58.9 Å². The topological polar surface area (TPSA) is 71.9 Å². The van der Waals surface area contributed by atoms with Gasteiger partial charge >= 0.3 is 5.97 Å². The molecular formula is C36H48N2O4. The number of benzene rings is 1. The molecule has 1 aromatic heterocycles. The number of aryl methyl sites for hydroxylation is 2. The van der Waals surface area contributed by atoms with Gasteiger partial charge in [0.15, 0.2) is 6.10 Å². The number of rotatable bonds is 7. The number of carboxylic acids is 1. The van der Waals surface area contributed by atoms with Gasteiger partial charge in [0.05, 0.1) is 11.3 Å². The molecule has 1 fully saturated rings. The standard InChI is InChI=1S/C36H48N2O4/c1-24-13-11-9-10-12-14-29(23-24)41-28-17-15-27(16-18-28)30-25(2)37-26(3)31(33(34(39)40)42-35(4,5)6)32(30)38-21-19-36(7,8)20-22-38/h9-11,13,15-18,29,33H,1,12,14,19-23H2,2-8H3,(H,39,40)/b10-9-,13-11-/t29?,33-/m0/s1. The Morgan fingerprint density at radius 1 is 1.10 bits per heavy atom. The minimum absolute atomic E-state index is 0.0447. The van der Waals surface area contributed by atoms with Crippen molar-refractivity contribution in [1.29, 1.82) is 0 Å². The lowest BCUT2D eigenvalue weighted by Gasteiger charge is -2.41. The lowest BCUT2D eigenvalue weighted by molar-refractivity contribution is -0.160. The molecule has 6 nitrogen and oxygen atoms in total. The van der Waals surface area contributed by atoms with E-state index in [0.717, 1.165) is 79.0 Å². The molecule has 0 amide bonds. The summed E-state index contributed by atoms with van der Waals surface area (Å²) in [6, 6.07) is 8.16. The molecule has 6 heteroatoms. The quantitative estimate of drug-likeness (QED) is 0.358. The molecule has 226 valence electrons. The van der Waals surface area contributed by atoms with Crippen LogP contribution in [0.1, 0.15) is 89.8 Å². The van der Waals surface area contributed by atoms with E-state index < -0.39 is 17.7 Å². The van der Waals surface area contributed by atoms with Crippen molar-refractivity contribution in [3.05, 3.63) is 77.7 Å². The van der Waals surface area contributed by atoms with Gasteiger partial charge in [-0.15, -0.1) is 0 Å². The second kappa shape index (κ2) is 12.9. The number of hydrogen-bond acceptors (Lipinski definition) is 5. The summed E-state index contributed by atoms with van der Waals surface area (Å²) < 4.78 is 12.6. The molecule has 0 saturated carbocycles. The molecule has 1 unspecified atom stereocenters. The highest BCUT2D eigenvalue weighted by molar-refractivity contribution is 5.88. The maximum Gasteiger partial charge on any atom is 0.337 e. The van der Waals surface area contributed by atoms with Crippen LogP contribution in [0.15, 0.2) is 60.7 Å². The molecule has 0 spiro atoms. The number of piperidine rings is 1. The summed E-state index contributed by atoms with van der Waals surface area (Å²) >= 11 is 0. The van der Waals surface area contributed by atoms with Crippen LogP contribution in [0.25, 0.3) is 11.1 Å². The van der Waals surface area contributed by atoms with Crippen LogP contribution in [0.4, 0.5) is 5.69 Å². The molecule has 2 heterocycles. The van der Waals surface area contributed by atoms with Crippen molar-refractivity contribution in [2.75, 3.05) is 18.0 Å². The number of aromatic nitrogens is 1. The zero-order chi connectivity index (χ0) is 30.7. The number of pyridine rings is 1. The number of nitrogens with zero attached hydrogens (tertiary/aromatic N) is 2. The molecule has 2 aromatic rings. The monoisotopic (exact) mass is 572 g/mol. The second-order valence-corrected chi connectivity index (χ2v) is 13.5. The summed E-state index contributed by atoms with van der Waals surface area (Å²) in [4.78, 5) is 20.0. The number of aliphatic carboxylic acids is 1. The predicted octanol–water partition coefficient (Wildman–Crippen LogP) is 8.53. The SMILES string of the molecule is C=C1/C=C\C=C/CCC(Oc2ccc(-c3c(C)nc(C)c([C@H](OC(C)(C)C)C(=O)O)c3N3CCC(C)(C)CC3)cc2)C1. The molecular weight excluding hydrogens is 524 g/mol. The highest BCUT2D eigenvalue weighted by Gasteiger charge is 2.36. The van der Waals surface area contributed by atoms with Crippen molar-refractivity contribution in [3.8, 4) is 16.9 Å². The molecule has 42 heavy (non-hydrogen) atoms. The van der Waals surface area contributed by atoms with Crippen molar-refractivity contribution >= 4 is 11.7 Å². The Morgan fingerprint density at radius 2 is 1.76 bits per heavy atom. The van der Waals surface area contributed by atoms with E-state index in [1.165, 1.54) is 0 Å². The van der Waals surface area contributed by atoms with Crippen molar-refractivity contribution < 1.29 is 19.4 Å². The number of carbonyl (C=O) groups is 1. The van der Waals surface area contributed by atoms with Crippen molar-refractivity contribution in [1.82, 2.24) is 4.98 Å². The Labute approximate surface area is 252 Å². The zero-order valence-corrected chi connectivity index (χ0v) is 26.5. The first-order valence-electron chi connectivity index (χ1n) is 15.2. The first kappa shape index (κ1) is 31.6. The molecule has 1 saturated heterocycles. The van der Waals surface area contributed by atoms with Gasteiger partial charge in [-0.2, -0.15) is 0 Å². The Hall–Kier alpha value is -3.38. The summed E-state index contributed by atoms with van der Waals surface area (Å²) in [5.74, 6) is -0.198. The van der Waals surface area contributed by atoms with Gasteiger partial charge in [0.2, 0.25) is 0 Å². The van der Waals surface area contributed by atoms with Crippen molar-refractivity contribution in [2.45, 2.75) is 98.4 Å². The fraction of sp³-hybridized carbons (Fsp3) is 0.500. The maximum absolute atomic E-state index is 12.7. The van der Waals surface area contributed by atoms with Crippen LogP contribution in [0, 0.1) is 19.3 Å². The molecule has 0 bridgehead atoms. The van der Waals surface area contributed by atoms with Crippen molar-refractivity contribution in [2.24, 2.45) is 5.41 Å². The number of ether oxygens (including phenoxy) is 2. The highest BCUT2D eigenvalue weighted by atomic mass is 16.5. The molecule has 2 aliphatic rings. The summed E-state index contributed by atoms with van der Waals surface area (Å²) in [5.41, 5.74) is 5.72. The molecule has 1 N–H and O–H groups in total. The molecule has 1 aliphatic carbocycles. The largest absolute Gasteiger partial charge is 0.490 e. The van der Waals surface area contributed by atoms with E-state index in [4.69, 9.17) is 14.5 Å². The Morgan fingerprint density at radius 3 is 2.38 bits per heavy atom. The third-order valence-electron chi connectivity index (χ3n) is 8.14. The van der Waals surface area contributed by atoms with Gasteiger partial charge in [-0.05, 0) is 83.4 Å². The third-order valence-corrected chi connectivity index (χ3v) is 8.14. The summed E-state index contributed by atoms with van der Waals surface area (Å²) in [5, 5.41) is 10.4. The van der Waals surface area contributed by atoms with E-state index in [1.54, 1.807) is 0 Å². The Balaban J connectivity index is 1.77. The van der Waals surface area contributed by atoms with Gasteiger partial charge < -0.3 is 19.5 Å². The van der Waals surface area contributed by atoms with Gasteiger partial charge in [0.1, 0.15) is 11.9 Å². The molecule has 2 atom stereocenters. The average molecular weight is 573 g/mol. The van der Waals surface area contributed by atoms with Crippen LogP contribution in [0.3, 0.4) is 0 Å². The fourth-order valence-corrected chi connectivity index (χ4v) is 5.86. The van der Waals surface area contributed by atoms with E-state index in [-0.39, 0.29) is 11.5 Å². The maximum atomic E-state index is 12.7. The van der Waals surface area contributed by atoms with Gasteiger partial charge in [-0.1, -0.05) is 62.4 Å². The van der Waals surface area contributed by atoms with Crippen LogP contribution < -0.4 is 9.64 Å². The number of carboxylic acid groups (broad SMARTS) is 1. The fourth-order valence-electron chi connectivity index (χ4n) is 5.86. The number of allylic oxidation sites excluding steroid dienone is 4. The molecule has 1 aliphatic heterocycles. The molecule has 0 radical (unpaired) electrons. The zero-order valence-electron chi connectivity index (χ0n) is 26.5. The summed E-state index contributed by atoms with van der Waals surface area (Å²) in [7, 11) is 0. The van der Waals surface area contributed by atoms with Crippen LogP contribution in [0.5, 0.6) is 5.75 Å². The van der Waals surface area contributed by atoms with Crippen LogP contribution in [0.2, 0.25) is 0 Å². The van der Waals surface area contributed by atoms with Gasteiger partial charge in [-0.3, -0.25) is 4.98 Å². The van der Waals surface area contributed by atoms with E-state index in [0.29, 0.717) is 11.3 Å². The summed E-state index contributed by atoms with van der Waals surface area (Å²) in [6.07, 6.45) is 11.9. The molecule has 4 rings (SSSR count). The smallest absolute Gasteiger partial charge is 0.337 e. The van der Waals surface area contributed by atoms with E-state index >= 15 is 0 Å². The van der Waals surface area contributed by atoms with Crippen LogP contribution >= 0.6 is 0 Å².